The molecule has 0 aliphatic heterocycles. The topological polar surface area (TPSA) is 17.1 Å². The number of ketones is 1. The predicted octanol–water partition coefficient (Wildman–Crippen LogP) is 2.40. The van der Waals surface area contributed by atoms with Crippen molar-refractivity contribution in [3.63, 3.8) is 0 Å². The van der Waals surface area contributed by atoms with Gasteiger partial charge in [0.2, 0.25) is 0 Å². The molecule has 0 aromatic carbocycles. The van der Waals surface area contributed by atoms with Gasteiger partial charge in [0.05, 0.1) is 0 Å². The first-order chi connectivity index (χ1) is 5.33. The summed E-state index contributed by atoms with van der Waals surface area (Å²) in [6, 6.07) is 0. The van der Waals surface area contributed by atoms with Gasteiger partial charge in [-0.05, 0) is 38.0 Å². The van der Waals surface area contributed by atoms with Crippen LogP contribution in [0.25, 0.3) is 0 Å². The highest BCUT2D eigenvalue weighted by atomic mass is 16.1. The van der Waals surface area contributed by atoms with Gasteiger partial charge in [-0.2, -0.15) is 0 Å². The minimum Gasteiger partial charge on any atom is -0.299 e. The van der Waals surface area contributed by atoms with Crippen LogP contribution in [0.3, 0.4) is 0 Å². The number of carbonyl (C=O) groups excluding carboxylic acids is 1. The second kappa shape index (κ2) is 2.62. The maximum atomic E-state index is 11.6. The van der Waals surface area contributed by atoms with Crippen LogP contribution in [-0.4, -0.2) is 5.78 Å². The van der Waals surface area contributed by atoms with E-state index >= 15 is 0 Å². The first-order valence-electron chi connectivity index (χ1n) is 4.86. The van der Waals surface area contributed by atoms with E-state index in [0.29, 0.717) is 17.6 Å². The lowest BCUT2D eigenvalue weighted by molar-refractivity contribution is -0.135. The van der Waals surface area contributed by atoms with Crippen LogP contribution in [0.15, 0.2) is 0 Å². The number of fused-ring (bicyclic) bond motifs is 3. The van der Waals surface area contributed by atoms with Crippen molar-refractivity contribution in [2.45, 2.75) is 39.0 Å². The largest absolute Gasteiger partial charge is 0.299 e. The summed E-state index contributed by atoms with van der Waals surface area (Å²) in [5.74, 6) is 2.26. The molecule has 1 atom stereocenters. The smallest absolute Gasteiger partial charge is 0.139 e. The van der Waals surface area contributed by atoms with Crippen LogP contribution in [0.2, 0.25) is 0 Å². The molecule has 0 saturated heterocycles. The zero-order valence-electron chi connectivity index (χ0n) is 7.18. The van der Waals surface area contributed by atoms with Gasteiger partial charge in [0.15, 0.2) is 0 Å². The lowest BCUT2D eigenvalue weighted by Crippen LogP contribution is -2.39. The number of hydrogen-bond donors (Lipinski definition) is 0. The summed E-state index contributed by atoms with van der Waals surface area (Å²) in [7, 11) is 0. The molecule has 62 valence electrons. The van der Waals surface area contributed by atoms with E-state index in [1.807, 2.05) is 0 Å². The second-order valence-electron chi connectivity index (χ2n) is 4.03. The molecule has 11 heavy (non-hydrogen) atoms. The third kappa shape index (κ3) is 1.02. The fraction of sp³-hybridized carbons (Fsp3) is 0.900. The van der Waals surface area contributed by atoms with Crippen molar-refractivity contribution >= 4 is 5.78 Å². The summed E-state index contributed by atoms with van der Waals surface area (Å²) in [5.41, 5.74) is 0. The lowest BCUT2D eigenvalue weighted by Gasteiger charge is -2.40. The zero-order chi connectivity index (χ0) is 7.84. The number of rotatable bonds is 1. The molecule has 0 spiro atoms. The Morgan fingerprint density at radius 2 is 1.91 bits per heavy atom. The number of Topliss-reactive ketones (excluding diaryl/α,β-unsaturated/α-hetero) is 1. The third-order valence-electron chi connectivity index (χ3n) is 3.55. The molecule has 3 fully saturated rings. The van der Waals surface area contributed by atoms with Crippen LogP contribution in [0, 0.1) is 17.8 Å². The highest BCUT2D eigenvalue weighted by molar-refractivity contribution is 5.85. The van der Waals surface area contributed by atoms with Crippen molar-refractivity contribution in [2.75, 3.05) is 0 Å². The average Bonchev–Trinajstić information content (AvgIpc) is 2.06. The molecule has 0 heterocycles. The predicted molar refractivity (Wildman–Crippen MR) is 44.2 cm³/mol. The van der Waals surface area contributed by atoms with Crippen LogP contribution in [0.1, 0.15) is 39.0 Å². The second-order valence-corrected chi connectivity index (χ2v) is 4.03. The van der Waals surface area contributed by atoms with Crippen molar-refractivity contribution in [1.29, 1.82) is 0 Å². The minimum absolute atomic E-state index is 0.447. The van der Waals surface area contributed by atoms with Gasteiger partial charge in [-0.1, -0.05) is 6.92 Å². The van der Waals surface area contributed by atoms with Gasteiger partial charge in [-0.3, -0.25) is 4.79 Å². The highest BCUT2D eigenvalue weighted by Crippen LogP contribution is 2.43. The van der Waals surface area contributed by atoms with Crippen LogP contribution in [0.5, 0.6) is 0 Å². The Morgan fingerprint density at radius 1 is 1.27 bits per heavy atom. The summed E-state index contributed by atoms with van der Waals surface area (Å²) in [5, 5.41) is 0. The minimum atomic E-state index is 0.447. The molecule has 3 rings (SSSR count). The highest BCUT2D eigenvalue weighted by Gasteiger charge is 2.41. The molecule has 0 aromatic heterocycles. The Labute approximate surface area is 68.2 Å². The summed E-state index contributed by atoms with van der Waals surface area (Å²) in [4.78, 5) is 11.6. The maximum absolute atomic E-state index is 11.6. The Bertz CT molecular complexity index is 166. The monoisotopic (exact) mass is 152 g/mol. The van der Waals surface area contributed by atoms with Gasteiger partial charge in [0, 0.05) is 11.8 Å². The molecule has 2 bridgehead atoms. The van der Waals surface area contributed by atoms with Crippen molar-refractivity contribution < 1.29 is 4.79 Å². The summed E-state index contributed by atoms with van der Waals surface area (Å²) in [6.07, 6.45) is 6.13. The zero-order valence-corrected chi connectivity index (χ0v) is 7.18. The van der Waals surface area contributed by atoms with Gasteiger partial charge in [0.25, 0.3) is 0 Å². The fourth-order valence-corrected chi connectivity index (χ4v) is 2.88. The molecule has 1 heteroatoms. The first-order valence-corrected chi connectivity index (χ1v) is 4.86. The molecule has 0 N–H and O–H groups in total. The van der Waals surface area contributed by atoms with Gasteiger partial charge in [-0.15, -0.1) is 0 Å². The molecular formula is C10H16O. The SMILES string of the molecule is CCC1C(=O)C2CCC1CC2. The summed E-state index contributed by atoms with van der Waals surface area (Å²) < 4.78 is 0. The molecule has 0 aromatic rings. The Hall–Kier alpha value is -0.330. The summed E-state index contributed by atoms with van der Waals surface area (Å²) in [6.45, 7) is 2.16. The van der Waals surface area contributed by atoms with Gasteiger partial charge in [-0.25, -0.2) is 0 Å². The van der Waals surface area contributed by atoms with Crippen molar-refractivity contribution in [3.8, 4) is 0 Å². The molecule has 3 saturated carbocycles. The van der Waals surface area contributed by atoms with E-state index in [9.17, 15) is 4.79 Å². The Balaban J connectivity index is 2.16. The number of carbonyl (C=O) groups is 1. The normalized spacial score (nSPS) is 43.0. The fourth-order valence-electron chi connectivity index (χ4n) is 2.88. The third-order valence-corrected chi connectivity index (χ3v) is 3.55. The molecule has 1 nitrogen and oxygen atoms in total. The Kier molecular flexibility index (Phi) is 1.74. The first kappa shape index (κ1) is 7.33. The van der Waals surface area contributed by atoms with Crippen molar-refractivity contribution in [3.05, 3.63) is 0 Å². The van der Waals surface area contributed by atoms with E-state index in [-0.39, 0.29) is 0 Å². The van der Waals surface area contributed by atoms with E-state index in [4.69, 9.17) is 0 Å². The maximum Gasteiger partial charge on any atom is 0.139 e. The molecule has 3 aliphatic rings. The van der Waals surface area contributed by atoms with E-state index in [2.05, 4.69) is 6.92 Å². The standard InChI is InChI=1S/C10H16O/c1-2-9-7-3-5-8(6-4-7)10(9)11/h7-9H,2-6H2,1H3. The van der Waals surface area contributed by atoms with Crippen LogP contribution >= 0.6 is 0 Å². The molecule has 3 aliphatic carbocycles. The van der Waals surface area contributed by atoms with Crippen LogP contribution in [0.4, 0.5) is 0 Å². The van der Waals surface area contributed by atoms with E-state index in [0.717, 1.165) is 12.3 Å². The van der Waals surface area contributed by atoms with E-state index < -0.39 is 0 Å². The van der Waals surface area contributed by atoms with Gasteiger partial charge in [0.1, 0.15) is 5.78 Å². The Morgan fingerprint density at radius 3 is 2.27 bits per heavy atom. The van der Waals surface area contributed by atoms with Crippen molar-refractivity contribution in [2.24, 2.45) is 17.8 Å². The van der Waals surface area contributed by atoms with Gasteiger partial charge >= 0.3 is 0 Å². The molecular weight excluding hydrogens is 136 g/mol. The molecule has 1 unspecified atom stereocenters. The molecule has 0 radical (unpaired) electrons. The lowest BCUT2D eigenvalue weighted by atomic mass is 9.63. The van der Waals surface area contributed by atoms with Gasteiger partial charge < -0.3 is 0 Å². The van der Waals surface area contributed by atoms with Crippen molar-refractivity contribution in [1.82, 2.24) is 0 Å². The van der Waals surface area contributed by atoms with E-state index in [1.54, 1.807) is 0 Å². The average molecular weight is 152 g/mol. The van der Waals surface area contributed by atoms with E-state index in [1.165, 1.54) is 25.7 Å². The van der Waals surface area contributed by atoms with Crippen LogP contribution < -0.4 is 0 Å². The quantitative estimate of drug-likeness (QED) is 0.564. The summed E-state index contributed by atoms with van der Waals surface area (Å²) >= 11 is 0. The van der Waals surface area contributed by atoms with Crippen LogP contribution in [-0.2, 0) is 4.79 Å². The molecule has 0 amide bonds. The number of hydrogen-bond acceptors (Lipinski definition) is 1.